The van der Waals surface area contributed by atoms with Crippen molar-refractivity contribution in [3.63, 3.8) is 0 Å². The molecule has 7 heteroatoms. The largest absolute Gasteiger partial charge is 0.354 e. The van der Waals surface area contributed by atoms with Crippen molar-refractivity contribution in [2.24, 2.45) is 11.8 Å². The molecule has 0 aromatic rings. The summed E-state index contributed by atoms with van der Waals surface area (Å²) in [5, 5.41) is 3.05. The van der Waals surface area contributed by atoms with E-state index in [1.807, 2.05) is 18.7 Å². The van der Waals surface area contributed by atoms with E-state index in [1.165, 1.54) is 0 Å². The molecule has 2 aliphatic heterocycles. The SMILES string of the molecule is CC(C)C(=O)N1CCC(CN2CCN(CC(=O)NCCN(C)C(C)C)CC2)CC1. The Morgan fingerprint density at radius 2 is 1.55 bits per heavy atom. The zero-order valence-corrected chi connectivity index (χ0v) is 19.3. The van der Waals surface area contributed by atoms with E-state index < -0.39 is 0 Å². The molecule has 2 heterocycles. The quantitative estimate of drug-likeness (QED) is 0.615. The zero-order chi connectivity index (χ0) is 21.4. The second kappa shape index (κ2) is 11.9. The first-order valence-electron chi connectivity index (χ1n) is 11.5. The van der Waals surface area contributed by atoms with E-state index in [0.29, 0.717) is 31.0 Å². The molecule has 168 valence electrons. The van der Waals surface area contributed by atoms with Crippen LogP contribution in [-0.2, 0) is 9.59 Å². The number of carbonyl (C=O) groups excluding carboxylic acids is 2. The number of nitrogens with one attached hydrogen (secondary N) is 1. The molecule has 0 aromatic heterocycles. The van der Waals surface area contributed by atoms with Gasteiger partial charge in [0.1, 0.15) is 0 Å². The minimum atomic E-state index is 0.105. The fourth-order valence-corrected chi connectivity index (χ4v) is 4.09. The van der Waals surface area contributed by atoms with Gasteiger partial charge in [-0.05, 0) is 39.7 Å². The lowest BCUT2D eigenvalue weighted by Gasteiger charge is -2.39. The number of piperazine rings is 1. The Morgan fingerprint density at radius 1 is 0.966 bits per heavy atom. The van der Waals surface area contributed by atoms with Crippen molar-refractivity contribution >= 4 is 11.8 Å². The standard InChI is InChI=1S/C22H43N5O2/c1-18(2)22(29)27-9-6-20(7-10-27)16-25-12-14-26(15-13-25)17-21(28)23-8-11-24(5)19(3)4/h18-20H,6-17H2,1-5H3,(H,23,28). The summed E-state index contributed by atoms with van der Waals surface area (Å²) in [6, 6.07) is 0.503. The molecule has 0 atom stereocenters. The van der Waals surface area contributed by atoms with E-state index in [9.17, 15) is 9.59 Å². The summed E-state index contributed by atoms with van der Waals surface area (Å²) in [7, 11) is 2.09. The third-order valence-corrected chi connectivity index (χ3v) is 6.44. The lowest BCUT2D eigenvalue weighted by molar-refractivity contribution is -0.136. The van der Waals surface area contributed by atoms with Gasteiger partial charge >= 0.3 is 0 Å². The molecule has 7 nitrogen and oxygen atoms in total. The van der Waals surface area contributed by atoms with Crippen LogP contribution in [-0.4, -0.2) is 110 Å². The maximum Gasteiger partial charge on any atom is 0.234 e. The Balaban J connectivity index is 1.58. The number of piperidine rings is 1. The molecule has 2 saturated heterocycles. The molecule has 0 spiro atoms. The predicted octanol–water partition coefficient (Wildman–Crippen LogP) is 0.955. The first-order valence-corrected chi connectivity index (χ1v) is 11.5. The first kappa shape index (κ1) is 24.1. The van der Waals surface area contributed by atoms with Crippen molar-refractivity contribution in [3.8, 4) is 0 Å². The van der Waals surface area contributed by atoms with Crippen molar-refractivity contribution in [1.29, 1.82) is 0 Å². The molecule has 0 bridgehead atoms. The molecule has 29 heavy (non-hydrogen) atoms. The monoisotopic (exact) mass is 409 g/mol. The molecule has 0 radical (unpaired) electrons. The minimum Gasteiger partial charge on any atom is -0.354 e. The lowest BCUT2D eigenvalue weighted by atomic mass is 9.95. The number of nitrogens with zero attached hydrogens (tertiary/aromatic N) is 4. The fraction of sp³-hybridized carbons (Fsp3) is 0.909. The highest BCUT2D eigenvalue weighted by molar-refractivity contribution is 5.78. The molecule has 2 fully saturated rings. The van der Waals surface area contributed by atoms with Gasteiger partial charge in [-0.3, -0.25) is 14.5 Å². The van der Waals surface area contributed by atoms with Gasteiger partial charge in [-0.1, -0.05) is 13.8 Å². The summed E-state index contributed by atoms with van der Waals surface area (Å²) in [6.07, 6.45) is 2.23. The van der Waals surface area contributed by atoms with Gasteiger partial charge in [0.25, 0.3) is 0 Å². The van der Waals surface area contributed by atoms with Gasteiger partial charge in [0.15, 0.2) is 0 Å². The maximum atomic E-state index is 12.2. The summed E-state index contributed by atoms with van der Waals surface area (Å²) in [5.41, 5.74) is 0. The molecular formula is C22H43N5O2. The van der Waals surface area contributed by atoms with Crippen molar-refractivity contribution in [2.45, 2.75) is 46.6 Å². The van der Waals surface area contributed by atoms with E-state index in [2.05, 4.69) is 40.9 Å². The number of carbonyl (C=O) groups is 2. The van der Waals surface area contributed by atoms with Crippen LogP contribution < -0.4 is 5.32 Å². The summed E-state index contributed by atoms with van der Waals surface area (Å²) in [4.78, 5) is 33.4. The summed E-state index contributed by atoms with van der Waals surface area (Å²) >= 11 is 0. The Hall–Kier alpha value is -1.18. The molecular weight excluding hydrogens is 366 g/mol. The number of likely N-dealkylation sites (N-methyl/N-ethyl adjacent to an activating group) is 1. The predicted molar refractivity (Wildman–Crippen MR) is 118 cm³/mol. The topological polar surface area (TPSA) is 59.1 Å². The van der Waals surface area contributed by atoms with Gasteiger partial charge in [-0.15, -0.1) is 0 Å². The molecule has 0 saturated carbocycles. The molecule has 1 N–H and O–H groups in total. The van der Waals surface area contributed by atoms with Crippen LogP contribution in [0.2, 0.25) is 0 Å². The van der Waals surface area contributed by atoms with Crippen LogP contribution >= 0.6 is 0 Å². The highest BCUT2D eigenvalue weighted by atomic mass is 16.2. The van der Waals surface area contributed by atoms with Crippen LogP contribution in [0.1, 0.15) is 40.5 Å². The summed E-state index contributed by atoms with van der Waals surface area (Å²) in [5.74, 6) is 1.23. The van der Waals surface area contributed by atoms with Crippen LogP contribution in [0.25, 0.3) is 0 Å². The molecule has 2 amide bonds. The van der Waals surface area contributed by atoms with Gasteiger partial charge in [0.2, 0.25) is 11.8 Å². The molecule has 2 rings (SSSR count). The lowest BCUT2D eigenvalue weighted by Crippen LogP contribution is -2.51. The first-order chi connectivity index (χ1) is 13.8. The van der Waals surface area contributed by atoms with E-state index in [4.69, 9.17) is 0 Å². The van der Waals surface area contributed by atoms with Gasteiger partial charge in [-0.2, -0.15) is 0 Å². The van der Waals surface area contributed by atoms with E-state index in [-0.39, 0.29) is 11.8 Å². The second-order valence-corrected chi connectivity index (χ2v) is 9.42. The van der Waals surface area contributed by atoms with Crippen LogP contribution in [0, 0.1) is 11.8 Å². The molecule has 2 aliphatic rings. The Kier molecular flexibility index (Phi) is 9.86. The molecule has 0 aromatic carbocycles. The third kappa shape index (κ3) is 8.22. The molecule has 0 aliphatic carbocycles. The van der Waals surface area contributed by atoms with Gasteiger partial charge in [0, 0.05) is 70.9 Å². The van der Waals surface area contributed by atoms with Crippen molar-refractivity contribution < 1.29 is 9.59 Å². The molecule has 0 unspecified atom stereocenters. The van der Waals surface area contributed by atoms with Gasteiger partial charge in [-0.25, -0.2) is 0 Å². The Bertz CT molecular complexity index is 509. The van der Waals surface area contributed by atoms with Crippen LogP contribution in [0.15, 0.2) is 0 Å². The zero-order valence-electron chi connectivity index (χ0n) is 19.3. The number of rotatable bonds is 9. The normalized spacial score (nSPS) is 20.1. The van der Waals surface area contributed by atoms with Gasteiger partial charge in [0.05, 0.1) is 6.54 Å². The van der Waals surface area contributed by atoms with Crippen LogP contribution in [0.5, 0.6) is 0 Å². The summed E-state index contributed by atoms with van der Waals surface area (Å²) < 4.78 is 0. The highest BCUT2D eigenvalue weighted by Crippen LogP contribution is 2.20. The highest BCUT2D eigenvalue weighted by Gasteiger charge is 2.27. The van der Waals surface area contributed by atoms with E-state index in [0.717, 1.165) is 65.2 Å². The summed E-state index contributed by atoms with van der Waals surface area (Å²) in [6.45, 7) is 17.4. The number of hydrogen-bond donors (Lipinski definition) is 1. The Morgan fingerprint density at radius 3 is 2.10 bits per heavy atom. The minimum absolute atomic E-state index is 0.105. The van der Waals surface area contributed by atoms with Gasteiger partial charge < -0.3 is 20.0 Å². The van der Waals surface area contributed by atoms with Crippen LogP contribution in [0.4, 0.5) is 0 Å². The van der Waals surface area contributed by atoms with Crippen molar-refractivity contribution in [2.75, 3.05) is 72.5 Å². The number of amides is 2. The smallest absolute Gasteiger partial charge is 0.234 e. The average Bonchev–Trinajstić information content (AvgIpc) is 2.69. The second-order valence-electron chi connectivity index (χ2n) is 9.42. The van der Waals surface area contributed by atoms with Crippen LogP contribution in [0.3, 0.4) is 0 Å². The number of likely N-dealkylation sites (tertiary alicyclic amines) is 1. The average molecular weight is 410 g/mol. The van der Waals surface area contributed by atoms with Crippen molar-refractivity contribution in [1.82, 2.24) is 24.9 Å². The van der Waals surface area contributed by atoms with Crippen molar-refractivity contribution in [3.05, 3.63) is 0 Å². The fourth-order valence-electron chi connectivity index (χ4n) is 4.09. The Labute approximate surface area is 177 Å². The third-order valence-electron chi connectivity index (χ3n) is 6.44. The van der Waals surface area contributed by atoms with E-state index in [1.54, 1.807) is 0 Å². The number of hydrogen-bond acceptors (Lipinski definition) is 5. The maximum absolute atomic E-state index is 12.2. The van der Waals surface area contributed by atoms with E-state index >= 15 is 0 Å².